The molecule has 1 fully saturated rings. The van der Waals surface area contributed by atoms with Crippen LogP contribution in [0.5, 0.6) is 0 Å². The summed E-state index contributed by atoms with van der Waals surface area (Å²) in [6.07, 6.45) is 2.78. The van der Waals surface area contributed by atoms with Gasteiger partial charge >= 0.3 is 6.09 Å². The number of aromatic nitrogens is 2. The van der Waals surface area contributed by atoms with Crippen LogP contribution in [0.1, 0.15) is 17.7 Å². The molecule has 1 saturated heterocycles. The van der Waals surface area contributed by atoms with Gasteiger partial charge in [-0.2, -0.15) is 0 Å². The van der Waals surface area contributed by atoms with E-state index in [0.717, 1.165) is 5.56 Å². The third kappa shape index (κ3) is 3.45. The maximum atomic E-state index is 15.1. The van der Waals surface area contributed by atoms with E-state index in [9.17, 15) is 9.90 Å². The van der Waals surface area contributed by atoms with Crippen LogP contribution in [0, 0.1) is 5.82 Å². The number of hydrogen-bond donors (Lipinski definition) is 2. The van der Waals surface area contributed by atoms with Crippen molar-refractivity contribution < 1.29 is 28.4 Å². The molecule has 0 radical (unpaired) electrons. The maximum absolute atomic E-state index is 15.1. The summed E-state index contributed by atoms with van der Waals surface area (Å²) in [5, 5.41) is 20.0. The van der Waals surface area contributed by atoms with Gasteiger partial charge < -0.3 is 24.5 Å². The molecule has 3 atom stereocenters. The molecule has 10 nitrogen and oxygen atoms in total. The van der Waals surface area contributed by atoms with Gasteiger partial charge in [-0.05, 0) is 30.2 Å². The minimum absolute atomic E-state index is 0.117. The minimum Gasteiger partial charge on any atom is -0.442 e. The van der Waals surface area contributed by atoms with Gasteiger partial charge in [-0.3, -0.25) is 9.88 Å². The lowest BCUT2D eigenvalue weighted by molar-refractivity contribution is 0.0390. The predicted octanol–water partition coefficient (Wildman–Crippen LogP) is 2.72. The van der Waals surface area contributed by atoms with Gasteiger partial charge in [0.15, 0.2) is 11.9 Å². The molecule has 2 aromatic heterocycles. The molecule has 0 saturated carbocycles. The highest BCUT2D eigenvalue weighted by atomic mass is 19.1. The Labute approximate surface area is 193 Å². The van der Waals surface area contributed by atoms with E-state index < -0.39 is 18.0 Å². The smallest absolute Gasteiger partial charge is 0.415 e. The second-order valence-corrected chi connectivity index (χ2v) is 8.37. The Hall–Kier alpha value is -3.99. The summed E-state index contributed by atoms with van der Waals surface area (Å²) in [6.45, 7) is 0.243. The topological polar surface area (TPSA) is 122 Å². The Morgan fingerprint density at radius 3 is 2.88 bits per heavy atom. The number of carbonyl (C=O) groups excluding carboxylic acids is 1. The first kappa shape index (κ1) is 20.6. The Morgan fingerprint density at radius 1 is 1.24 bits per heavy atom. The summed E-state index contributed by atoms with van der Waals surface area (Å²) in [6, 6.07) is 8.12. The first-order chi connectivity index (χ1) is 16.6. The number of benzene rings is 1. The highest BCUT2D eigenvalue weighted by molar-refractivity contribution is 6.00. The second kappa shape index (κ2) is 8.10. The molecule has 1 amide bonds. The molecule has 3 aliphatic rings. The van der Waals surface area contributed by atoms with Crippen molar-refractivity contribution >= 4 is 23.3 Å². The average molecular weight is 465 g/mol. The number of nitrogens with one attached hydrogen (secondary N) is 1. The summed E-state index contributed by atoms with van der Waals surface area (Å²) >= 11 is 0. The molecule has 34 heavy (non-hydrogen) atoms. The number of oxime groups is 1. The molecule has 1 aromatic carbocycles. The van der Waals surface area contributed by atoms with Crippen molar-refractivity contribution in [2.24, 2.45) is 5.16 Å². The normalized spacial score (nSPS) is 22.8. The fourth-order valence-electron chi connectivity index (χ4n) is 4.60. The number of rotatable bonds is 6. The number of aliphatic hydroxyl groups is 1. The number of nitrogens with zero attached hydrogens (tertiary/aromatic N) is 4. The first-order valence-electron chi connectivity index (χ1n) is 10.9. The number of hydrogen-bond acceptors (Lipinski definition) is 9. The molecule has 6 rings (SSSR count). The molecule has 174 valence electrons. The van der Waals surface area contributed by atoms with Crippen LogP contribution in [0.3, 0.4) is 0 Å². The highest BCUT2D eigenvalue weighted by Crippen LogP contribution is 2.41. The average Bonchev–Trinajstić information content (AvgIpc) is 3.64. The molecular formula is C23H20FN5O5. The van der Waals surface area contributed by atoms with Crippen LogP contribution in [0.15, 0.2) is 52.5 Å². The molecule has 3 aromatic rings. The standard InChI is InChI=1S/C23H20FN5O5/c24-16-8-19-13(6-20-21(33-23(31)29(19)20)10-26-22-3-4-32-28-22)5-15(16)12-1-2-17(25-9-12)18-7-14(11-30)34-27-18/h1-5,8-9,14,20-21,30H,6-7,10-11H2,(H,26,28)/t14-,20-,21-/m0/s1. The molecule has 3 aliphatic heterocycles. The van der Waals surface area contributed by atoms with Crippen LogP contribution in [-0.4, -0.2) is 58.5 Å². The largest absolute Gasteiger partial charge is 0.442 e. The number of halogens is 1. The van der Waals surface area contributed by atoms with E-state index in [2.05, 4.69) is 20.6 Å². The zero-order valence-electron chi connectivity index (χ0n) is 17.8. The van der Waals surface area contributed by atoms with Gasteiger partial charge in [0, 0.05) is 29.8 Å². The second-order valence-electron chi connectivity index (χ2n) is 8.37. The van der Waals surface area contributed by atoms with Gasteiger partial charge in [-0.15, -0.1) is 0 Å². The lowest BCUT2D eigenvalue weighted by atomic mass is 9.99. The zero-order valence-corrected chi connectivity index (χ0v) is 17.8. The summed E-state index contributed by atoms with van der Waals surface area (Å²) in [4.78, 5) is 23.6. The van der Waals surface area contributed by atoms with Gasteiger partial charge in [0.2, 0.25) is 0 Å². The van der Waals surface area contributed by atoms with Crippen molar-refractivity contribution in [3.8, 4) is 11.1 Å². The molecule has 0 aliphatic carbocycles. The van der Waals surface area contributed by atoms with Gasteiger partial charge in [0.05, 0.1) is 30.6 Å². The molecule has 11 heteroatoms. The summed E-state index contributed by atoms with van der Waals surface area (Å²) in [5.41, 5.74) is 3.67. The Morgan fingerprint density at radius 2 is 2.15 bits per heavy atom. The van der Waals surface area contributed by atoms with Crippen molar-refractivity contribution in [2.45, 2.75) is 31.1 Å². The predicted molar refractivity (Wildman–Crippen MR) is 118 cm³/mol. The number of aliphatic hydroxyl groups excluding tert-OH is 1. The van der Waals surface area contributed by atoms with E-state index in [4.69, 9.17) is 14.1 Å². The Kier molecular flexibility index (Phi) is 4.91. The van der Waals surface area contributed by atoms with Gasteiger partial charge in [0.1, 0.15) is 23.9 Å². The zero-order chi connectivity index (χ0) is 23.2. The van der Waals surface area contributed by atoms with Gasteiger partial charge in [-0.25, -0.2) is 9.18 Å². The third-order valence-corrected chi connectivity index (χ3v) is 6.30. The van der Waals surface area contributed by atoms with E-state index in [-0.39, 0.29) is 18.8 Å². The van der Waals surface area contributed by atoms with Crippen LogP contribution in [0.4, 0.5) is 20.7 Å². The molecule has 2 N–H and O–H groups in total. The monoisotopic (exact) mass is 465 g/mol. The van der Waals surface area contributed by atoms with Crippen molar-refractivity contribution in [3.63, 3.8) is 0 Å². The molecular weight excluding hydrogens is 445 g/mol. The van der Waals surface area contributed by atoms with Crippen LogP contribution in [0.2, 0.25) is 0 Å². The number of anilines is 2. The first-order valence-corrected chi connectivity index (χ1v) is 10.9. The number of pyridine rings is 1. The quantitative estimate of drug-likeness (QED) is 0.570. The lowest BCUT2D eigenvalue weighted by Gasteiger charge is -2.16. The fraction of sp³-hybridized carbons (Fsp3) is 0.304. The van der Waals surface area contributed by atoms with Crippen LogP contribution in [-0.2, 0) is 16.0 Å². The van der Waals surface area contributed by atoms with Crippen LogP contribution < -0.4 is 10.2 Å². The Bertz CT molecular complexity index is 1260. The minimum atomic E-state index is -0.491. The van der Waals surface area contributed by atoms with Crippen molar-refractivity contribution in [1.82, 2.24) is 10.1 Å². The van der Waals surface area contributed by atoms with E-state index in [1.165, 1.54) is 17.2 Å². The van der Waals surface area contributed by atoms with Crippen LogP contribution in [0.25, 0.3) is 11.1 Å². The maximum Gasteiger partial charge on any atom is 0.415 e. The van der Waals surface area contributed by atoms with Crippen molar-refractivity contribution in [2.75, 3.05) is 23.4 Å². The number of cyclic esters (lactones) is 1. The summed E-state index contributed by atoms with van der Waals surface area (Å²) in [7, 11) is 0. The summed E-state index contributed by atoms with van der Waals surface area (Å²) in [5.74, 6) is 0.101. The molecule has 0 spiro atoms. The lowest BCUT2D eigenvalue weighted by Crippen LogP contribution is -2.36. The van der Waals surface area contributed by atoms with Gasteiger partial charge in [0.25, 0.3) is 0 Å². The molecule has 0 bridgehead atoms. The van der Waals surface area contributed by atoms with Crippen LogP contribution >= 0.6 is 0 Å². The molecule has 0 unspecified atom stereocenters. The number of ether oxygens (including phenoxy) is 1. The van der Waals surface area contributed by atoms with E-state index >= 15 is 4.39 Å². The number of fused-ring (bicyclic) bond motifs is 3. The summed E-state index contributed by atoms with van der Waals surface area (Å²) < 4.78 is 25.5. The van der Waals surface area contributed by atoms with E-state index in [1.807, 2.05) is 0 Å². The number of amides is 1. The van der Waals surface area contributed by atoms with E-state index in [1.54, 1.807) is 30.5 Å². The number of carbonyl (C=O) groups is 1. The van der Waals surface area contributed by atoms with Crippen molar-refractivity contribution in [3.05, 3.63) is 59.9 Å². The third-order valence-electron chi connectivity index (χ3n) is 6.30. The van der Waals surface area contributed by atoms with Gasteiger partial charge in [-0.1, -0.05) is 16.4 Å². The van der Waals surface area contributed by atoms with Crippen molar-refractivity contribution in [1.29, 1.82) is 0 Å². The highest BCUT2D eigenvalue weighted by Gasteiger charge is 2.47. The fourth-order valence-corrected chi connectivity index (χ4v) is 4.60. The Balaban J connectivity index is 1.22. The van der Waals surface area contributed by atoms with E-state index in [0.29, 0.717) is 53.4 Å². The molecule has 5 heterocycles. The SMILES string of the molecule is O=C1O[C@@H](CNc2ccon2)[C@@H]2Cc3cc(-c4ccc(C5=NO[C@H](CO)C5)nc4)c(F)cc3N12.